The molecule has 0 aromatic carbocycles. The Hall–Kier alpha value is -2.37. The smallest absolute Gasteiger partial charge is 0.224 e. The molecule has 6 heteroatoms. The van der Waals surface area contributed by atoms with Gasteiger partial charge in [-0.3, -0.25) is 9.89 Å². The normalized spacial score (nSPS) is 15.7. The van der Waals surface area contributed by atoms with Gasteiger partial charge in [-0.1, -0.05) is 0 Å². The minimum atomic E-state index is -0.399. The van der Waals surface area contributed by atoms with Gasteiger partial charge in [0.1, 0.15) is 12.1 Å². The molecule has 0 bridgehead atoms. The lowest BCUT2D eigenvalue weighted by Gasteiger charge is -1.94. The summed E-state index contributed by atoms with van der Waals surface area (Å²) in [6.07, 6.45) is 5.72. The highest BCUT2D eigenvalue weighted by atomic mass is 16.3. The summed E-state index contributed by atoms with van der Waals surface area (Å²) in [7, 11) is 0. The Labute approximate surface area is 109 Å². The van der Waals surface area contributed by atoms with Gasteiger partial charge >= 0.3 is 0 Å². The molecule has 19 heavy (non-hydrogen) atoms. The first-order chi connectivity index (χ1) is 9.22. The number of nitrogens with zero attached hydrogens (tertiary/aromatic N) is 2. The number of aromatic nitrogens is 3. The van der Waals surface area contributed by atoms with Gasteiger partial charge in [-0.05, 0) is 30.9 Å². The zero-order valence-electron chi connectivity index (χ0n) is 10.2. The molecular weight excluding hydrogens is 246 g/mol. The number of ketones is 1. The van der Waals surface area contributed by atoms with Gasteiger partial charge < -0.3 is 9.52 Å². The second kappa shape index (κ2) is 4.72. The molecule has 0 saturated heterocycles. The van der Waals surface area contributed by atoms with Crippen LogP contribution in [0.25, 0.3) is 5.76 Å². The maximum absolute atomic E-state index is 11.9. The minimum absolute atomic E-state index is 0.0816. The first kappa shape index (κ1) is 11.7. The van der Waals surface area contributed by atoms with Crippen molar-refractivity contribution in [3.05, 3.63) is 41.9 Å². The molecule has 0 aliphatic heterocycles. The van der Waals surface area contributed by atoms with E-state index in [0.29, 0.717) is 5.92 Å². The molecule has 0 spiro atoms. The summed E-state index contributed by atoms with van der Waals surface area (Å²) in [5, 5.41) is 15.8. The van der Waals surface area contributed by atoms with Crippen LogP contribution < -0.4 is 0 Å². The highest BCUT2D eigenvalue weighted by Crippen LogP contribution is 2.33. The van der Waals surface area contributed by atoms with E-state index in [4.69, 9.17) is 4.42 Å². The molecule has 98 valence electrons. The van der Waals surface area contributed by atoms with Gasteiger partial charge in [0.15, 0.2) is 11.5 Å². The molecule has 2 N–H and O–H groups in total. The maximum Gasteiger partial charge on any atom is 0.224 e. The predicted octanol–water partition coefficient (Wildman–Crippen LogP) is 2.13. The molecule has 3 rings (SSSR count). The van der Waals surface area contributed by atoms with Crippen molar-refractivity contribution in [3.8, 4) is 0 Å². The van der Waals surface area contributed by atoms with E-state index in [-0.39, 0.29) is 17.3 Å². The third kappa shape index (κ3) is 2.73. The van der Waals surface area contributed by atoms with Gasteiger partial charge in [0.2, 0.25) is 11.6 Å². The zero-order chi connectivity index (χ0) is 13.2. The highest BCUT2D eigenvalue weighted by Gasteiger charge is 2.23. The SMILES string of the molecule is O=C(C=C(O)c1nc[nH]n1)c1ccc(CC2CC2)o1. The number of furan rings is 1. The number of hydrogen-bond acceptors (Lipinski definition) is 5. The fourth-order valence-electron chi connectivity index (χ4n) is 1.82. The van der Waals surface area contributed by atoms with E-state index in [9.17, 15) is 9.90 Å². The number of aliphatic hydroxyl groups excluding tert-OH is 1. The van der Waals surface area contributed by atoms with Gasteiger partial charge in [-0.15, -0.1) is 0 Å². The van der Waals surface area contributed by atoms with E-state index in [2.05, 4.69) is 15.2 Å². The van der Waals surface area contributed by atoms with Gasteiger partial charge in [0.25, 0.3) is 0 Å². The second-order valence-electron chi connectivity index (χ2n) is 4.63. The fourth-order valence-corrected chi connectivity index (χ4v) is 1.82. The van der Waals surface area contributed by atoms with E-state index in [0.717, 1.165) is 18.3 Å². The van der Waals surface area contributed by atoms with Crippen LogP contribution in [0.5, 0.6) is 0 Å². The maximum atomic E-state index is 11.9. The van der Waals surface area contributed by atoms with Crippen LogP contribution in [0.15, 0.2) is 29.0 Å². The van der Waals surface area contributed by atoms with Crippen LogP contribution in [0.2, 0.25) is 0 Å². The minimum Gasteiger partial charge on any atom is -0.504 e. The Bertz CT molecular complexity index is 609. The Morgan fingerprint density at radius 3 is 3.05 bits per heavy atom. The van der Waals surface area contributed by atoms with Crippen molar-refractivity contribution < 1.29 is 14.3 Å². The summed E-state index contributed by atoms with van der Waals surface area (Å²) in [5.74, 6) is 1.13. The molecule has 1 fully saturated rings. The van der Waals surface area contributed by atoms with Gasteiger partial charge in [0, 0.05) is 12.5 Å². The van der Waals surface area contributed by atoms with Gasteiger partial charge in [-0.2, -0.15) is 5.10 Å². The van der Waals surface area contributed by atoms with Gasteiger partial charge in [0.05, 0.1) is 0 Å². The topological polar surface area (TPSA) is 92.0 Å². The number of aliphatic hydroxyl groups is 1. The van der Waals surface area contributed by atoms with Crippen LogP contribution in [-0.2, 0) is 6.42 Å². The van der Waals surface area contributed by atoms with Gasteiger partial charge in [-0.25, -0.2) is 4.98 Å². The first-order valence-electron chi connectivity index (χ1n) is 6.12. The van der Waals surface area contributed by atoms with E-state index in [1.807, 2.05) is 6.07 Å². The summed E-state index contributed by atoms with van der Waals surface area (Å²) in [4.78, 5) is 15.6. The lowest BCUT2D eigenvalue weighted by atomic mass is 10.2. The molecule has 2 heterocycles. The molecular formula is C13H13N3O3. The number of rotatable bonds is 5. The second-order valence-corrected chi connectivity index (χ2v) is 4.63. The number of carbonyl (C=O) groups is 1. The van der Waals surface area contributed by atoms with Crippen LogP contribution >= 0.6 is 0 Å². The van der Waals surface area contributed by atoms with Crippen molar-refractivity contribution in [1.29, 1.82) is 0 Å². The molecule has 1 aliphatic carbocycles. The highest BCUT2D eigenvalue weighted by molar-refractivity contribution is 6.05. The molecule has 0 amide bonds. The van der Waals surface area contributed by atoms with Crippen molar-refractivity contribution in [3.63, 3.8) is 0 Å². The van der Waals surface area contributed by atoms with Crippen molar-refractivity contribution in [1.82, 2.24) is 15.2 Å². The van der Waals surface area contributed by atoms with Crippen molar-refractivity contribution >= 4 is 11.5 Å². The van der Waals surface area contributed by atoms with Crippen LogP contribution in [0.3, 0.4) is 0 Å². The average Bonchev–Trinajstić information content (AvgIpc) is 2.90. The molecule has 2 aromatic heterocycles. The molecule has 2 aromatic rings. The molecule has 0 atom stereocenters. The quantitative estimate of drug-likeness (QED) is 0.487. The average molecular weight is 259 g/mol. The van der Waals surface area contributed by atoms with Crippen LogP contribution in [0, 0.1) is 5.92 Å². The van der Waals surface area contributed by atoms with E-state index < -0.39 is 5.78 Å². The number of aromatic amines is 1. The number of hydrogen-bond donors (Lipinski definition) is 2. The Morgan fingerprint density at radius 2 is 2.37 bits per heavy atom. The number of H-pyrrole nitrogens is 1. The van der Waals surface area contributed by atoms with Crippen LogP contribution in [0.1, 0.15) is 35.0 Å². The largest absolute Gasteiger partial charge is 0.504 e. The third-order valence-electron chi connectivity index (χ3n) is 3.00. The summed E-state index contributed by atoms with van der Waals surface area (Å²) < 4.78 is 5.46. The Morgan fingerprint density at radius 1 is 1.53 bits per heavy atom. The Kier molecular flexibility index (Phi) is 2.91. The standard InChI is InChI=1S/C13H13N3O3/c17-10(6-11(18)13-14-7-15-16-13)12-4-3-9(19-12)5-8-1-2-8/h3-4,6-8,18H,1-2,5H2,(H,14,15,16). The number of allylic oxidation sites excluding steroid dienone is 1. The van der Waals surface area contributed by atoms with Crippen LogP contribution in [-0.4, -0.2) is 26.1 Å². The summed E-state index contributed by atoms with van der Waals surface area (Å²) in [6, 6.07) is 3.44. The third-order valence-corrected chi connectivity index (χ3v) is 3.00. The summed E-state index contributed by atoms with van der Waals surface area (Å²) in [6.45, 7) is 0. The molecule has 1 aliphatic rings. The lowest BCUT2D eigenvalue weighted by Crippen LogP contribution is -1.96. The molecule has 1 saturated carbocycles. The predicted molar refractivity (Wildman–Crippen MR) is 66.5 cm³/mol. The molecule has 0 radical (unpaired) electrons. The van der Waals surface area contributed by atoms with Crippen LogP contribution in [0.4, 0.5) is 0 Å². The van der Waals surface area contributed by atoms with Crippen molar-refractivity contribution in [2.24, 2.45) is 5.92 Å². The summed E-state index contributed by atoms with van der Waals surface area (Å²) >= 11 is 0. The van der Waals surface area contributed by atoms with E-state index in [1.165, 1.54) is 19.2 Å². The van der Waals surface area contributed by atoms with E-state index in [1.54, 1.807) is 6.07 Å². The monoisotopic (exact) mass is 259 g/mol. The Balaban J connectivity index is 1.72. The number of nitrogens with one attached hydrogen (secondary N) is 1. The van der Waals surface area contributed by atoms with Crippen molar-refractivity contribution in [2.75, 3.05) is 0 Å². The first-order valence-corrected chi connectivity index (χ1v) is 6.12. The zero-order valence-corrected chi connectivity index (χ0v) is 10.2. The lowest BCUT2D eigenvalue weighted by molar-refractivity contribution is 0.101. The van der Waals surface area contributed by atoms with E-state index >= 15 is 0 Å². The molecule has 0 unspecified atom stereocenters. The fraction of sp³-hybridized carbons (Fsp3) is 0.308. The number of carbonyl (C=O) groups excluding carboxylic acids is 1. The summed E-state index contributed by atoms with van der Waals surface area (Å²) in [5.41, 5.74) is 0. The molecule has 6 nitrogen and oxygen atoms in total. The van der Waals surface area contributed by atoms with Crippen molar-refractivity contribution in [2.45, 2.75) is 19.3 Å².